The second-order valence-corrected chi connectivity index (χ2v) is 18.6. The average molecular weight is 901 g/mol. The SMILES string of the molecule is CCCCCC/C=C/CCCCCCCCCCCC(=O)O[C@H](COC(=O)CCC/C=C/C/C=C/CCCCCCCCCCC)CO[C@H]1O[C@H](CS(=O)(=O)O)[C@@H](O)C(O)C1O. The van der Waals surface area contributed by atoms with E-state index in [1.807, 2.05) is 6.08 Å². The molecule has 2 unspecified atom stereocenters. The fraction of sp³-hybridized carbons (Fsp3) is 0.837. The second-order valence-electron chi connectivity index (χ2n) is 17.1. The minimum absolute atomic E-state index is 0.154. The highest BCUT2D eigenvalue weighted by Gasteiger charge is 2.46. The molecule has 4 N–H and O–H groups in total. The monoisotopic (exact) mass is 901 g/mol. The van der Waals surface area contributed by atoms with Gasteiger partial charge in [0.2, 0.25) is 0 Å². The molecule has 1 aliphatic heterocycles. The van der Waals surface area contributed by atoms with E-state index in [2.05, 4.69) is 44.2 Å². The van der Waals surface area contributed by atoms with Crippen molar-refractivity contribution in [3.8, 4) is 0 Å². The Morgan fingerprint density at radius 2 is 0.984 bits per heavy atom. The molecule has 0 spiro atoms. The molecule has 1 aliphatic rings. The van der Waals surface area contributed by atoms with Crippen LogP contribution in [-0.2, 0) is 38.7 Å². The van der Waals surface area contributed by atoms with E-state index >= 15 is 0 Å². The first-order chi connectivity index (χ1) is 30.0. The highest BCUT2D eigenvalue weighted by molar-refractivity contribution is 7.85. The number of aliphatic hydroxyl groups is 3. The normalized spacial score (nSPS) is 20.1. The van der Waals surface area contributed by atoms with Crippen molar-refractivity contribution >= 4 is 22.1 Å². The maximum atomic E-state index is 12.8. The second kappa shape index (κ2) is 39.3. The van der Waals surface area contributed by atoms with Crippen molar-refractivity contribution in [1.29, 1.82) is 0 Å². The van der Waals surface area contributed by atoms with Gasteiger partial charge in [0.15, 0.2) is 12.4 Å². The Kier molecular flexibility index (Phi) is 36.6. The molecule has 362 valence electrons. The van der Waals surface area contributed by atoms with E-state index in [0.29, 0.717) is 19.3 Å². The molecule has 0 bridgehead atoms. The van der Waals surface area contributed by atoms with E-state index in [1.165, 1.54) is 122 Å². The van der Waals surface area contributed by atoms with Crippen LogP contribution in [-0.4, -0.2) is 96.0 Å². The van der Waals surface area contributed by atoms with Crippen LogP contribution in [0.1, 0.15) is 206 Å². The molecule has 0 aromatic carbocycles. The van der Waals surface area contributed by atoms with Crippen molar-refractivity contribution in [3.05, 3.63) is 36.5 Å². The fourth-order valence-electron chi connectivity index (χ4n) is 7.36. The van der Waals surface area contributed by atoms with Gasteiger partial charge in [0, 0.05) is 12.8 Å². The zero-order valence-electron chi connectivity index (χ0n) is 38.7. The Labute approximate surface area is 376 Å². The lowest BCUT2D eigenvalue weighted by Crippen LogP contribution is -2.60. The van der Waals surface area contributed by atoms with Crippen molar-refractivity contribution in [3.63, 3.8) is 0 Å². The molecule has 0 amide bonds. The molecule has 62 heavy (non-hydrogen) atoms. The highest BCUT2D eigenvalue weighted by Crippen LogP contribution is 2.24. The molecule has 0 radical (unpaired) electrons. The fourth-order valence-corrected chi connectivity index (χ4v) is 8.05. The maximum absolute atomic E-state index is 12.8. The van der Waals surface area contributed by atoms with Crippen LogP contribution in [0, 0.1) is 0 Å². The van der Waals surface area contributed by atoms with Crippen LogP contribution >= 0.6 is 0 Å². The average Bonchev–Trinajstić information content (AvgIpc) is 3.24. The van der Waals surface area contributed by atoms with Gasteiger partial charge in [0.05, 0.1) is 6.61 Å². The van der Waals surface area contributed by atoms with Gasteiger partial charge in [-0.1, -0.05) is 166 Å². The van der Waals surface area contributed by atoms with E-state index in [0.717, 1.165) is 38.5 Å². The molecule has 0 aromatic rings. The Morgan fingerprint density at radius 3 is 1.50 bits per heavy atom. The van der Waals surface area contributed by atoms with Gasteiger partial charge in [-0.3, -0.25) is 14.1 Å². The number of hydrogen-bond acceptors (Lipinski definition) is 11. The predicted molar refractivity (Wildman–Crippen MR) is 247 cm³/mol. The minimum atomic E-state index is -4.61. The largest absolute Gasteiger partial charge is 0.462 e. The lowest BCUT2D eigenvalue weighted by atomic mass is 10.00. The Bertz CT molecular complexity index is 1290. The van der Waals surface area contributed by atoms with Gasteiger partial charge < -0.3 is 34.3 Å². The smallest absolute Gasteiger partial charge is 0.306 e. The Hall–Kier alpha value is -2.13. The van der Waals surface area contributed by atoms with Gasteiger partial charge in [0.25, 0.3) is 10.1 Å². The number of allylic oxidation sites excluding steroid dienone is 6. The third kappa shape index (κ3) is 33.4. The van der Waals surface area contributed by atoms with Crippen LogP contribution in [0.3, 0.4) is 0 Å². The topological polar surface area (TPSA) is 186 Å². The zero-order chi connectivity index (χ0) is 45.5. The number of aliphatic hydroxyl groups excluding tert-OH is 3. The van der Waals surface area contributed by atoms with Gasteiger partial charge in [0.1, 0.15) is 36.8 Å². The maximum Gasteiger partial charge on any atom is 0.306 e. The summed E-state index contributed by atoms with van der Waals surface area (Å²) in [6.45, 7) is 3.73. The first-order valence-corrected chi connectivity index (χ1v) is 26.2. The zero-order valence-corrected chi connectivity index (χ0v) is 39.5. The number of esters is 2. The summed E-state index contributed by atoms with van der Waals surface area (Å²) in [4.78, 5) is 25.4. The van der Waals surface area contributed by atoms with E-state index in [-0.39, 0.29) is 19.4 Å². The van der Waals surface area contributed by atoms with Crippen LogP contribution in [0.2, 0.25) is 0 Å². The first kappa shape index (κ1) is 57.9. The summed E-state index contributed by atoms with van der Waals surface area (Å²) >= 11 is 0. The van der Waals surface area contributed by atoms with Gasteiger partial charge in [-0.25, -0.2) is 0 Å². The molecule has 13 heteroatoms. The number of ether oxygens (including phenoxy) is 4. The molecule has 0 aliphatic carbocycles. The van der Waals surface area contributed by atoms with Crippen LogP contribution in [0.5, 0.6) is 0 Å². The van der Waals surface area contributed by atoms with E-state index in [4.69, 9.17) is 18.9 Å². The number of carbonyl (C=O) groups is 2. The van der Waals surface area contributed by atoms with Crippen molar-refractivity contribution in [2.75, 3.05) is 19.0 Å². The molecule has 12 nitrogen and oxygen atoms in total. The summed E-state index contributed by atoms with van der Waals surface area (Å²) in [5.74, 6) is -2.04. The molecule has 1 heterocycles. The van der Waals surface area contributed by atoms with E-state index in [9.17, 15) is 37.9 Å². The number of unbranched alkanes of at least 4 members (excludes halogenated alkanes) is 23. The molecule has 1 fully saturated rings. The third-order valence-electron chi connectivity index (χ3n) is 11.2. The summed E-state index contributed by atoms with van der Waals surface area (Å²) < 4.78 is 54.1. The lowest BCUT2D eigenvalue weighted by molar-refractivity contribution is -0.297. The van der Waals surface area contributed by atoms with Crippen LogP contribution in [0.4, 0.5) is 0 Å². The Balaban J connectivity index is 2.43. The van der Waals surface area contributed by atoms with Gasteiger partial charge in [-0.15, -0.1) is 0 Å². The van der Waals surface area contributed by atoms with Crippen molar-refractivity contribution < 1.29 is 56.8 Å². The first-order valence-electron chi connectivity index (χ1n) is 24.5. The number of hydrogen-bond donors (Lipinski definition) is 4. The summed E-state index contributed by atoms with van der Waals surface area (Å²) in [6.07, 6.45) is 36.2. The van der Waals surface area contributed by atoms with Gasteiger partial charge in [-0.2, -0.15) is 8.42 Å². The third-order valence-corrected chi connectivity index (χ3v) is 11.9. The van der Waals surface area contributed by atoms with Crippen LogP contribution in [0.25, 0.3) is 0 Å². The lowest BCUT2D eigenvalue weighted by Gasteiger charge is -2.40. The summed E-state index contributed by atoms with van der Waals surface area (Å²) in [6, 6.07) is 0. The molecule has 0 aromatic heterocycles. The molecule has 1 rings (SSSR count). The standard InChI is InChI=1S/C49H88O12S/c1-3-5-7-9-11-13-15-17-19-21-23-25-27-29-31-33-35-37-44(50)58-39-42(40-59-49-48(54)47(53)46(52)43(61-49)41-62(55,56)57)60-45(51)38-36-34-32-30-28-26-24-22-20-18-16-14-12-10-8-6-4-2/h14,16,23,25,29,31,42-43,46-49,52-54H,3-13,15,17-22,24,26-28,30,32-41H2,1-2H3,(H,55,56,57)/b16-14+,25-23+,31-29+/t42-,43-,46-,47?,48?,49+/m1/s1. The predicted octanol–water partition coefficient (Wildman–Crippen LogP) is 10.6. The number of rotatable bonds is 41. The Morgan fingerprint density at radius 1 is 0.548 bits per heavy atom. The van der Waals surface area contributed by atoms with Gasteiger partial charge >= 0.3 is 11.9 Å². The van der Waals surface area contributed by atoms with E-state index in [1.54, 1.807) is 0 Å². The molecule has 0 saturated carbocycles. The van der Waals surface area contributed by atoms with Crippen molar-refractivity contribution in [2.45, 2.75) is 243 Å². The molecular formula is C49H88O12S. The summed E-state index contributed by atoms with van der Waals surface area (Å²) in [7, 11) is -4.61. The molecular weight excluding hydrogens is 813 g/mol. The van der Waals surface area contributed by atoms with Crippen LogP contribution < -0.4 is 0 Å². The van der Waals surface area contributed by atoms with E-state index < -0.39 is 71.2 Å². The molecule has 1 saturated heterocycles. The van der Waals surface area contributed by atoms with Gasteiger partial charge in [-0.05, 0) is 64.2 Å². The van der Waals surface area contributed by atoms with Crippen LogP contribution in [0.15, 0.2) is 36.5 Å². The van der Waals surface area contributed by atoms with Crippen molar-refractivity contribution in [2.24, 2.45) is 0 Å². The quantitative estimate of drug-likeness (QED) is 0.0197. The highest BCUT2D eigenvalue weighted by atomic mass is 32.2. The molecule has 6 atom stereocenters. The minimum Gasteiger partial charge on any atom is -0.462 e. The summed E-state index contributed by atoms with van der Waals surface area (Å²) in [5.41, 5.74) is 0. The summed E-state index contributed by atoms with van der Waals surface area (Å²) in [5, 5.41) is 30.9. The van der Waals surface area contributed by atoms with Crippen molar-refractivity contribution in [1.82, 2.24) is 0 Å². The number of carbonyl (C=O) groups excluding carboxylic acids is 2.